The Balaban J connectivity index is 1.11. The molecule has 0 fully saturated rings. The molecule has 0 N–H and O–H groups in total. The molecule has 1 aromatic heterocycles. The number of hydrogen-bond donors (Lipinski definition) is 0. The van der Waals surface area contributed by atoms with Crippen molar-refractivity contribution in [1.82, 2.24) is 0 Å². The van der Waals surface area contributed by atoms with Crippen LogP contribution in [-0.4, -0.2) is 0 Å². The van der Waals surface area contributed by atoms with Gasteiger partial charge in [0.1, 0.15) is 5.58 Å². The summed E-state index contributed by atoms with van der Waals surface area (Å²) in [7, 11) is 0. The van der Waals surface area contributed by atoms with E-state index in [0.717, 1.165) is 44.6 Å². The molecule has 0 aliphatic carbocycles. The van der Waals surface area contributed by atoms with E-state index in [1.807, 2.05) is 6.07 Å². The van der Waals surface area contributed by atoms with E-state index in [9.17, 15) is 0 Å². The van der Waals surface area contributed by atoms with Gasteiger partial charge < -0.3 is 9.32 Å². The molecule has 0 atom stereocenters. The van der Waals surface area contributed by atoms with Crippen LogP contribution >= 0.6 is 0 Å². The van der Waals surface area contributed by atoms with E-state index in [-0.39, 0.29) is 0 Å². The van der Waals surface area contributed by atoms with Crippen molar-refractivity contribution in [3.8, 4) is 33.4 Å². The molecule has 1 heterocycles. The molecular formula is C50H33NO. The minimum absolute atomic E-state index is 0.861. The van der Waals surface area contributed by atoms with Crippen molar-refractivity contribution in [2.45, 2.75) is 0 Å². The smallest absolute Gasteiger partial charge is 0.159 e. The van der Waals surface area contributed by atoms with Crippen LogP contribution < -0.4 is 4.90 Å². The summed E-state index contributed by atoms with van der Waals surface area (Å²) >= 11 is 0. The Morgan fingerprint density at radius 3 is 1.71 bits per heavy atom. The molecule has 2 heteroatoms. The number of nitrogens with zero attached hydrogens (tertiary/aromatic N) is 1. The third kappa shape index (κ3) is 5.21. The van der Waals surface area contributed by atoms with Gasteiger partial charge in [-0.1, -0.05) is 152 Å². The summed E-state index contributed by atoms with van der Waals surface area (Å²) < 4.78 is 6.80. The molecular weight excluding hydrogens is 631 g/mol. The zero-order valence-electron chi connectivity index (χ0n) is 28.4. The highest BCUT2D eigenvalue weighted by Gasteiger charge is 2.20. The quantitative estimate of drug-likeness (QED) is 0.176. The highest BCUT2D eigenvalue weighted by atomic mass is 16.3. The third-order valence-corrected chi connectivity index (χ3v) is 10.3. The third-order valence-electron chi connectivity index (χ3n) is 10.3. The van der Waals surface area contributed by atoms with Crippen LogP contribution in [-0.2, 0) is 0 Å². The SMILES string of the molecule is c1ccc(-c2ccc3c(c2)oc2c(N(c4ccc(-c5ccc6ccccc6c5)cc4)c4ccc(-c5cccc6ccccc56)cc4)cccc23)cc1. The summed E-state index contributed by atoms with van der Waals surface area (Å²) in [4.78, 5) is 2.32. The van der Waals surface area contributed by atoms with Crippen molar-refractivity contribution in [3.05, 3.63) is 200 Å². The average Bonchev–Trinajstić information content (AvgIpc) is 3.60. The predicted molar refractivity (Wildman–Crippen MR) is 220 cm³/mol. The lowest BCUT2D eigenvalue weighted by atomic mass is 9.98. The lowest BCUT2D eigenvalue weighted by Crippen LogP contribution is -2.10. The van der Waals surface area contributed by atoms with Crippen molar-refractivity contribution in [1.29, 1.82) is 0 Å². The molecule has 2 nitrogen and oxygen atoms in total. The minimum atomic E-state index is 0.861. The average molecular weight is 664 g/mol. The Morgan fingerprint density at radius 2 is 0.904 bits per heavy atom. The number of para-hydroxylation sites is 1. The van der Waals surface area contributed by atoms with Crippen LogP contribution in [0.3, 0.4) is 0 Å². The molecule has 244 valence electrons. The van der Waals surface area contributed by atoms with E-state index in [2.05, 4.69) is 199 Å². The van der Waals surface area contributed by atoms with Crippen LogP contribution in [0.1, 0.15) is 0 Å². The number of fused-ring (bicyclic) bond motifs is 5. The van der Waals surface area contributed by atoms with Crippen molar-refractivity contribution < 1.29 is 4.42 Å². The van der Waals surface area contributed by atoms with Crippen LogP contribution in [0.4, 0.5) is 17.1 Å². The Kier molecular flexibility index (Phi) is 7.18. The maximum atomic E-state index is 6.80. The molecule has 0 aliphatic rings. The zero-order chi connectivity index (χ0) is 34.4. The molecule has 0 unspecified atom stereocenters. The molecule has 0 radical (unpaired) electrons. The second kappa shape index (κ2) is 12.5. The van der Waals surface area contributed by atoms with E-state index in [4.69, 9.17) is 4.42 Å². The van der Waals surface area contributed by atoms with Gasteiger partial charge in [-0.25, -0.2) is 0 Å². The molecule has 10 rings (SSSR count). The van der Waals surface area contributed by atoms with Crippen molar-refractivity contribution in [2.75, 3.05) is 4.90 Å². The predicted octanol–water partition coefficient (Wildman–Crippen LogP) is 14.4. The van der Waals surface area contributed by atoms with Crippen LogP contribution in [0.2, 0.25) is 0 Å². The number of benzene rings is 9. The van der Waals surface area contributed by atoms with E-state index >= 15 is 0 Å². The van der Waals surface area contributed by atoms with Gasteiger partial charge in [0.15, 0.2) is 5.58 Å². The Bertz CT molecular complexity index is 2880. The maximum Gasteiger partial charge on any atom is 0.159 e. The highest BCUT2D eigenvalue weighted by molar-refractivity contribution is 6.11. The number of anilines is 3. The van der Waals surface area contributed by atoms with Crippen LogP contribution in [0.25, 0.3) is 76.9 Å². The Morgan fingerprint density at radius 1 is 0.327 bits per heavy atom. The molecule has 0 spiro atoms. The topological polar surface area (TPSA) is 16.4 Å². The van der Waals surface area contributed by atoms with Crippen molar-refractivity contribution >= 4 is 60.5 Å². The van der Waals surface area contributed by atoms with E-state index in [1.54, 1.807) is 0 Å². The summed E-state index contributed by atoms with van der Waals surface area (Å²) in [6.45, 7) is 0. The van der Waals surface area contributed by atoms with Gasteiger partial charge >= 0.3 is 0 Å². The summed E-state index contributed by atoms with van der Waals surface area (Å²) in [5.41, 5.74) is 11.9. The monoisotopic (exact) mass is 663 g/mol. The first-order chi connectivity index (χ1) is 25.8. The first-order valence-electron chi connectivity index (χ1n) is 17.8. The largest absolute Gasteiger partial charge is 0.454 e. The minimum Gasteiger partial charge on any atom is -0.454 e. The van der Waals surface area contributed by atoms with Crippen molar-refractivity contribution in [2.24, 2.45) is 0 Å². The van der Waals surface area contributed by atoms with Gasteiger partial charge in [-0.2, -0.15) is 0 Å². The lowest BCUT2D eigenvalue weighted by molar-refractivity contribution is 0.669. The fourth-order valence-electron chi connectivity index (χ4n) is 7.64. The first kappa shape index (κ1) is 30.0. The highest BCUT2D eigenvalue weighted by Crippen LogP contribution is 2.44. The molecule has 9 aromatic carbocycles. The molecule has 52 heavy (non-hydrogen) atoms. The summed E-state index contributed by atoms with van der Waals surface area (Å²) in [5, 5.41) is 7.18. The van der Waals surface area contributed by atoms with Crippen LogP contribution in [0, 0.1) is 0 Å². The molecule has 0 saturated heterocycles. The summed E-state index contributed by atoms with van der Waals surface area (Å²) in [6.07, 6.45) is 0. The number of furan rings is 1. The van der Waals surface area contributed by atoms with Gasteiger partial charge in [-0.05, 0) is 103 Å². The van der Waals surface area contributed by atoms with Crippen LogP contribution in [0.5, 0.6) is 0 Å². The summed E-state index contributed by atoms with van der Waals surface area (Å²) in [6, 6.07) is 71.6. The molecule has 0 saturated carbocycles. The zero-order valence-corrected chi connectivity index (χ0v) is 28.4. The normalized spacial score (nSPS) is 11.5. The van der Waals surface area contributed by atoms with Gasteiger partial charge in [0.25, 0.3) is 0 Å². The first-order valence-corrected chi connectivity index (χ1v) is 17.8. The fraction of sp³-hybridized carbons (Fsp3) is 0. The maximum absolute atomic E-state index is 6.80. The van der Waals surface area contributed by atoms with Gasteiger partial charge in [-0.3, -0.25) is 0 Å². The van der Waals surface area contributed by atoms with Gasteiger partial charge in [0.2, 0.25) is 0 Å². The van der Waals surface area contributed by atoms with E-state index in [0.29, 0.717) is 0 Å². The van der Waals surface area contributed by atoms with Crippen molar-refractivity contribution in [3.63, 3.8) is 0 Å². The Labute approximate surface area is 302 Å². The Hall–Kier alpha value is -6.90. The molecule has 0 amide bonds. The summed E-state index contributed by atoms with van der Waals surface area (Å²) in [5.74, 6) is 0. The number of rotatable bonds is 6. The lowest BCUT2D eigenvalue weighted by Gasteiger charge is -2.26. The van der Waals surface area contributed by atoms with Gasteiger partial charge in [0.05, 0.1) is 5.69 Å². The molecule has 0 aliphatic heterocycles. The second-order valence-corrected chi connectivity index (χ2v) is 13.4. The van der Waals surface area contributed by atoms with E-state index < -0.39 is 0 Å². The molecule has 0 bridgehead atoms. The van der Waals surface area contributed by atoms with Gasteiger partial charge in [-0.15, -0.1) is 0 Å². The number of hydrogen-bond acceptors (Lipinski definition) is 2. The second-order valence-electron chi connectivity index (χ2n) is 13.4. The van der Waals surface area contributed by atoms with Gasteiger partial charge in [0, 0.05) is 22.1 Å². The fourth-order valence-corrected chi connectivity index (χ4v) is 7.64. The van der Waals surface area contributed by atoms with Crippen LogP contribution in [0.15, 0.2) is 205 Å². The molecule has 10 aromatic rings. The standard InChI is InChI=1S/C50H33NO/c1-2-10-34(11-3-1)41-26-31-46-47-18-9-19-48(50(47)52-49(46)33-41)51(42-27-22-36(23-28-42)40-21-20-35-12-4-5-14-39(35)32-40)43-29-24-38(25-30-43)45-17-8-15-37-13-6-7-16-44(37)45/h1-33H. The van der Waals surface area contributed by atoms with E-state index in [1.165, 1.54) is 49.4 Å².